The summed E-state index contributed by atoms with van der Waals surface area (Å²) in [5.41, 5.74) is 2.18. The van der Waals surface area contributed by atoms with Gasteiger partial charge in [-0.2, -0.15) is 0 Å². The van der Waals surface area contributed by atoms with Crippen LogP contribution in [-0.2, 0) is 14.3 Å². The molecule has 1 aromatic carbocycles. The number of esters is 1. The first-order chi connectivity index (χ1) is 10.9. The predicted octanol–water partition coefficient (Wildman–Crippen LogP) is 1.84. The van der Waals surface area contributed by atoms with E-state index in [9.17, 15) is 14.4 Å². The van der Waals surface area contributed by atoms with E-state index in [0.29, 0.717) is 17.0 Å². The molecule has 0 unspecified atom stereocenters. The molecule has 122 valence electrons. The average Bonchev–Trinajstić information content (AvgIpc) is 2.46. The largest absolute Gasteiger partial charge is 0.463 e. The summed E-state index contributed by atoms with van der Waals surface area (Å²) in [6, 6.07) is 5.93. The van der Waals surface area contributed by atoms with Gasteiger partial charge >= 0.3 is 12.0 Å². The summed E-state index contributed by atoms with van der Waals surface area (Å²) < 4.78 is 5.07. The summed E-state index contributed by atoms with van der Waals surface area (Å²) in [4.78, 5) is 35.0. The number of hydrogen-bond acceptors (Lipinski definition) is 4. The van der Waals surface area contributed by atoms with Crippen LogP contribution in [0.4, 0.5) is 10.5 Å². The van der Waals surface area contributed by atoms with Crippen LogP contribution >= 0.6 is 0 Å². The summed E-state index contributed by atoms with van der Waals surface area (Å²) in [6.45, 7) is 5.05. The van der Waals surface area contributed by atoms with Crippen LogP contribution in [0.25, 0.3) is 0 Å². The van der Waals surface area contributed by atoms with Crippen LogP contribution in [0.1, 0.15) is 32.4 Å². The normalized spacial score (nSPS) is 17.2. The van der Waals surface area contributed by atoms with Crippen molar-refractivity contribution < 1.29 is 19.1 Å². The van der Waals surface area contributed by atoms with Crippen LogP contribution < -0.4 is 16.0 Å². The summed E-state index contributed by atoms with van der Waals surface area (Å²) in [5, 5.41) is 7.96. The number of nitrogens with one attached hydrogen (secondary N) is 3. The molecule has 23 heavy (non-hydrogen) atoms. The molecular weight excluding hydrogens is 298 g/mol. The SMILES string of the molecule is CCOC(=O)C1=C(C)NC(=O)N[C@H]1c1ccc(NC(C)=O)cc1. The standard InChI is InChI=1S/C16H19N3O4/c1-4-23-15(21)13-9(2)17-16(22)19-14(13)11-5-7-12(8-6-11)18-10(3)20/h5-8,14H,4H2,1-3H3,(H,18,20)(H2,17,19,22)/t14-/m0/s1. The third-order valence-corrected chi connectivity index (χ3v) is 3.33. The first kappa shape index (κ1) is 16.5. The molecule has 0 fully saturated rings. The topological polar surface area (TPSA) is 96.5 Å². The summed E-state index contributed by atoms with van der Waals surface area (Å²) in [7, 11) is 0. The van der Waals surface area contributed by atoms with Crippen molar-refractivity contribution in [3.8, 4) is 0 Å². The van der Waals surface area contributed by atoms with Crippen LogP contribution in [0.2, 0.25) is 0 Å². The van der Waals surface area contributed by atoms with Gasteiger partial charge in [0, 0.05) is 18.3 Å². The van der Waals surface area contributed by atoms with Crippen LogP contribution in [0.5, 0.6) is 0 Å². The van der Waals surface area contributed by atoms with Gasteiger partial charge in [-0.05, 0) is 31.5 Å². The van der Waals surface area contributed by atoms with E-state index in [1.165, 1.54) is 6.92 Å². The van der Waals surface area contributed by atoms with Crippen molar-refractivity contribution in [2.45, 2.75) is 26.8 Å². The molecule has 0 radical (unpaired) electrons. The zero-order valence-corrected chi connectivity index (χ0v) is 13.2. The molecule has 1 atom stereocenters. The van der Waals surface area contributed by atoms with E-state index in [1.54, 1.807) is 38.1 Å². The fourth-order valence-corrected chi connectivity index (χ4v) is 2.39. The Morgan fingerprint density at radius 2 is 1.91 bits per heavy atom. The van der Waals surface area contributed by atoms with Gasteiger partial charge in [0.1, 0.15) is 0 Å². The Bertz CT molecular complexity index is 664. The van der Waals surface area contributed by atoms with Crippen LogP contribution in [0.3, 0.4) is 0 Å². The van der Waals surface area contributed by atoms with E-state index in [4.69, 9.17) is 4.74 Å². The van der Waals surface area contributed by atoms with E-state index in [-0.39, 0.29) is 18.5 Å². The van der Waals surface area contributed by atoms with E-state index in [2.05, 4.69) is 16.0 Å². The molecule has 1 aliphatic rings. The zero-order chi connectivity index (χ0) is 17.0. The number of ether oxygens (including phenoxy) is 1. The fraction of sp³-hybridized carbons (Fsp3) is 0.312. The molecule has 0 saturated carbocycles. The molecular formula is C16H19N3O4. The average molecular weight is 317 g/mol. The molecule has 3 N–H and O–H groups in total. The zero-order valence-electron chi connectivity index (χ0n) is 13.2. The number of benzene rings is 1. The molecule has 7 heteroatoms. The fourth-order valence-electron chi connectivity index (χ4n) is 2.39. The summed E-state index contributed by atoms with van der Waals surface area (Å²) in [5.74, 6) is -0.649. The number of anilines is 1. The van der Waals surface area contributed by atoms with Crippen molar-refractivity contribution in [1.29, 1.82) is 0 Å². The highest BCUT2D eigenvalue weighted by atomic mass is 16.5. The lowest BCUT2D eigenvalue weighted by atomic mass is 9.95. The maximum atomic E-state index is 12.2. The highest BCUT2D eigenvalue weighted by Gasteiger charge is 2.31. The van der Waals surface area contributed by atoms with Crippen molar-refractivity contribution in [1.82, 2.24) is 10.6 Å². The van der Waals surface area contributed by atoms with Gasteiger partial charge in [-0.25, -0.2) is 9.59 Å². The Morgan fingerprint density at radius 3 is 2.48 bits per heavy atom. The predicted molar refractivity (Wildman–Crippen MR) is 84.5 cm³/mol. The molecule has 0 aliphatic carbocycles. The molecule has 2 rings (SSSR count). The van der Waals surface area contributed by atoms with Gasteiger partial charge < -0.3 is 20.7 Å². The van der Waals surface area contributed by atoms with Gasteiger partial charge in [-0.3, -0.25) is 4.79 Å². The van der Waals surface area contributed by atoms with E-state index in [1.807, 2.05) is 0 Å². The second-order valence-corrected chi connectivity index (χ2v) is 5.09. The number of amides is 3. The first-order valence-corrected chi connectivity index (χ1v) is 7.25. The number of carbonyl (C=O) groups excluding carboxylic acids is 3. The van der Waals surface area contributed by atoms with Gasteiger partial charge in [0.15, 0.2) is 0 Å². The Labute approximate surface area is 134 Å². The van der Waals surface area contributed by atoms with E-state index < -0.39 is 12.0 Å². The second kappa shape index (κ2) is 6.95. The number of rotatable bonds is 4. The molecule has 0 bridgehead atoms. The maximum Gasteiger partial charge on any atom is 0.338 e. The number of carbonyl (C=O) groups is 3. The third kappa shape index (κ3) is 3.88. The van der Waals surface area contributed by atoms with Gasteiger partial charge in [-0.1, -0.05) is 12.1 Å². The number of allylic oxidation sites excluding steroid dienone is 1. The Hall–Kier alpha value is -2.83. The van der Waals surface area contributed by atoms with E-state index >= 15 is 0 Å². The van der Waals surface area contributed by atoms with Crippen LogP contribution in [0, 0.1) is 0 Å². The van der Waals surface area contributed by atoms with Crippen LogP contribution in [-0.4, -0.2) is 24.5 Å². The molecule has 1 aromatic rings. The molecule has 0 saturated heterocycles. The number of hydrogen-bond donors (Lipinski definition) is 3. The van der Waals surface area contributed by atoms with Crippen molar-refractivity contribution in [3.63, 3.8) is 0 Å². The molecule has 0 spiro atoms. The summed E-state index contributed by atoms with van der Waals surface area (Å²) in [6.07, 6.45) is 0. The van der Waals surface area contributed by atoms with Gasteiger partial charge in [-0.15, -0.1) is 0 Å². The molecule has 1 aliphatic heterocycles. The van der Waals surface area contributed by atoms with Crippen molar-refractivity contribution in [3.05, 3.63) is 41.1 Å². The van der Waals surface area contributed by atoms with Gasteiger partial charge in [0.25, 0.3) is 0 Å². The minimum atomic E-state index is -0.603. The minimum Gasteiger partial charge on any atom is -0.463 e. The lowest BCUT2D eigenvalue weighted by molar-refractivity contribution is -0.139. The smallest absolute Gasteiger partial charge is 0.338 e. The third-order valence-electron chi connectivity index (χ3n) is 3.33. The van der Waals surface area contributed by atoms with Crippen LogP contribution in [0.15, 0.2) is 35.5 Å². The minimum absolute atomic E-state index is 0.170. The lowest BCUT2D eigenvalue weighted by Crippen LogP contribution is -2.45. The highest BCUT2D eigenvalue weighted by molar-refractivity contribution is 5.95. The first-order valence-electron chi connectivity index (χ1n) is 7.25. The maximum absolute atomic E-state index is 12.2. The van der Waals surface area contributed by atoms with E-state index in [0.717, 1.165) is 5.56 Å². The Morgan fingerprint density at radius 1 is 1.26 bits per heavy atom. The van der Waals surface area contributed by atoms with Crippen molar-refractivity contribution in [2.24, 2.45) is 0 Å². The quantitative estimate of drug-likeness (QED) is 0.738. The lowest BCUT2D eigenvalue weighted by Gasteiger charge is -2.28. The molecule has 1 heterocycles. The Balaban J connectivity index is 2.34. The number of urea groups is 1. The van der Waals surface area contributed by atoms with Crippen molar-refractivity contribution in [2.75, 3.05) is 11.9 Å². The summed E-state index contributed by atoms with van der Waals surface area (Å²) >= 11 is 0. The van der Waals surface area contributed by atoms with Gasteiger partial charge in [0.05, 0.1) is 18.2 Å². The molecule has 0 aromatic heterocycles. The monoisotopic (exact) mass is 317 g/mol. The Kier molecular flexibility index (Phi) is 5.00. The second-order valence-electron chi connectivity index (χ2n) is 5.09. The molecule has 7 nitrogen and oxygen atoms in total. The van der Waals surface area contributed by atoms with Gasteiger partial charge in [0.2, 0.25) is 5.91 Å². The highest BCUT2D eigenvalue weighted by Crippen LogP contribution is 2.28. The molecule has 3 amide bonds. The van der Waals surface area contributed by atoms with Crippen molar-refractivity contribution >= 4 is 23.6 Å².